The Labute approximate surface area is 107 Å². The average molecular weight is 246 g/mol. The number of fused-ring (bicyclic) bond motifs is 1. The normalized spacial score (nSPS) is 25.9. The molecule has 0 spiro atoms. The first-order valence-corrected chi connectivity index (χ1v) is 5.99. The average Bonchev–Trinajstić information content (AvgIpc) is 2.53. The highest BCUT2D eigenvalue weighted by atomic mass is 16.4. The lowest BCUT2D eigenvalue weighted by atomic mass is 9.84. The Kier molecular flexibility index (Phi) is 2.82. The number of rotatable bonds is 2. The van der Waals surface area contributed by atoms with Gasteiger partial charge in [-0.2, -0.15) is 0 Å². The molecule has 3 heteroatoms. The van der Waals surface area contributed by atoms with Gasteiger partial charge in [-0.3, -0.25) is 4.79 Å². The molecule has 0 saturated heterocycles. The highest BCUT2D eigenvalue weighted by Crippen LogP contribution is 2.48. The van der Waals surface area contributed by atoms with Gasteiger partial charge in [-0.05, 0) is 55.0 Å². The molecule has 1 aliphatic rings. The fraction of sp³-hybridized carbons (Fsp3) is 0.400. The maximum atomic E-state index is 11.4. The number of hydrogen-bond donors (Lipinski definition) is 2. The number of aryl methyl sites for hydroxylation is 1. The molecule has 2 rings (SSSR count). The van der Waals surface area contributed by atoms with Crippen molar-refractivity contribution in [3.63, 3.8) is 0 Å². The first kappa shape index (κ1) is 12.8. The molecule has 1 aliphatic carbocycles. The van der Waals surface area contributed by atoms with Crippen LogP contribution in [0, 0.1) is 19.3 Å². The van der Waals surface area contributed by atoms with Crippen LogP contribution >= 0.6 is 0 Å². The summed E-state index contributed by atoms with van der Waals surface area (Å²) in [7, 11) is 0. The van der Waals surface area contributed by atoms with E-state index in [1.165, 1.54) is 0 Å². The third-order valence-electron chi connectivity index (χ3n) is 4.10. The van der Waals surface area contributed by atoms with Crippen molar-refractivity contribution in [1.82, 2.24) is 0 Å². The maximum Gasteiger partial charge on any atom is 0.312 e. The van der Waals surface area contributed by atoms with Gasteiger partial charge in [0.25, 0.3) is 0 Å². The van der Waals surface area contributed by atoms with E-state index >= 15 is 0 Å². The smallest absolute Gasteiger partial charge is 0.312 e. The molecule has 2 atom stereocenters. The zero-order valence-corrected chi connectivity index (χ0v) is 10.9. The second kappa shape index (κ2) is 3.95. The van der Waals surface area contributed by atoms with Gasteiger partial charge < -0.3 is 10.2 Å². The van der Waals surface area contributed by atoms with Crippen molar-refractivity contribution in [1.29, 1.82) is 0 Å². The summed E-state index contributed by atoms with van der Waals surface area (Å²) in [5, 5.41) is 19.7. The van der Waals surface area contributed by atoms with Crippen molar-refractivity contribution in [3.8, 4) is 0 Å². The number of aliphatic carboxylic acids is 1. The van der Waals surface area contributed by atoms with Gasteiger partial charge in [-0.1, -0.05) is 18.7 Å². The van der Waals surface area contributed by atoms with Crippen LogP contribution in [0.15, 0.2) is 12.6 Å². The molecule has 0 radical (unpaired) electrons. The number of carboxylic acid groups (broad SMARTS) is 1. The lowest BCUT2D eigenvalue weighted by Crippen LogP contribution is -2.32. The fourth-order valence-corrected chi connectivity index (χ4v) is 2.94. The van der Waals surface area contributed by atoms with E-state index in [-0.39, 0.29) is 0 Å². The molecule has 3 nitrogen and oxygen atoms in total. The maximum absolute atomic E-state index is 11.4. The summed E-state index contributed by atoms with van der Waals surface area (Å²) in [4.78, 5) is 11.4. The zero-order valence-electron chi connectivity index (χ0n) is 10.9. The van der Waals surface area contributed by atoms with E-state index in [0.717, 1.165) is 27.8 Å². The van der Waals surface area contributed by atoms with Crippen molar-refractivity contribution < 1.29 is 15.0 Å². The van der Waals surface area contributed by atoms with Gasteiger partial charge in [-0.25, -0.2) is 0 Å². The van der Waals surface area contributed by atoms with Gasteiger partial charge >= 0.3 is 5.97 Å². The first-order valence-electron chi connectivity index (χ1n) is 5.99. The number of aliphatic hydroxyl groups is 1. The monoisotopic (exact) mass is 246 g/mol. The molecule has 96 valence electrons. The van der Waals surface area contributed by atoms with E-state index in [0.29, 0.717) is 6.42 Å². The summed E-state index contributed by atoms with van der Waals surface area (Å²) in [5.74, 6) is -0.955. The van der Waals surface area contributed by atoms with Crippen molar-refractivity contribution in [2.45, 2.75) is 33.3 Å². The van der Waals surface area contributed by atoms with Gasteiger partial charge in [0, 0.05) is 0 Å². The van der Waals surface area contributed by atoms with Crippen molar-refractivity contribution in [2.75, 3.05) is 0 Å². The SMILES string of the molecule is C=Cc1c(C)cc2c(c1C)C(O)[C@@](C)(C(=O)O)C2. The first-order chi connectivity index (χ1) is 8.32. The van der Waals surface area contributed by atoms with Crippen molar-refractivity contribution in [2.24, 2.45) is 5.41 Å². The summed E-state index contributed by atoms with van der Waals surface area (Å²) in [5.41, 5.74) is 3.58. The quantitative estimate of drug-likeness (QED) is 0.843. The number of benzene rings is 1. The lowest BCUT2D eigenvalue weighted by Gasteiger charge is -2.23. The van der Waals surface area contributed by atoms with E-state index in [1.54, 1.807) is 13.0 Å². The topological polar surface area (TPSA) is 57.5 Å². The Hall–Kier alpha value is -1.61. The minimum absolute atomic E-state index is 0.373. The minimum Gasteiger partial charge on any atom is -0.481 e. The predicted octanol–water partition coefficient (Wildman–Crippen LogP) is 2.63. The number of carboxylic acids is 1. The summed E-state index contributed by atoms with van der Waals surface area (Å²) < 4.78 is 0. The van der Waals surface area contributed by atoms with Crippen LogP contribution in [0.25, 0.3) is 6.08 Å². The number of hydrogen-bond acceptors (Lipinski definition) is 2. The molecule has 0 bridgehead atoms. The molecule has 2 N–H and O–H groups in total. The van der Waals surface area contributed by atoms with E-state index in [2.05, 4.69) is 6.58 Å². The molecule has 0 aromatic heterocycles. The van der Waals surface area contributed by atoms with Crippen LogP contribution in [0.5, 0.6) is 0 Å². The molecule has 0 amide bonds. The van der Waals surface area contributed by atoms with Crippen LogP contribution in [0.3, 0.4) is 0 Å². The summed E-state index contributed by atoms with van der Waals surface area (Å²) in [6.45, 7) is 9.27. The molecule has 0 fully saturated rings. The predicted molar refractivity (Wildman–Crippen MR) is 70.4 cm³/mol. The molecule has 0 saturated carbocycles. The third kappa shape index (κ3) is 1.51. The third-order valence-corrected chi connectivity index (χ3v) is 4.10. The summed E-state index contributed by atoms with van der Waals surface area (Å²) in [6.07, 6.45) is 1.18. The molecule has 0 aliphatic heterocycles. The summed E-state index contributed by atoms with van der Waals surface area (Å²) in [6, 6.07) is 1.97. The standard InChI is InChI=1S/C15H18O3/c1-5-11-8(2)6-10-7-15(4,14(17)18)13(16)12(10)9(11)3/h5-6,13,16H,1,7H2,2-4H3,(H,17,18)/t13?,15-/m0/s1. The Bertz CT molecular complexity index is 545. The fourth-order valence-electron chi connectivity index (χ4n) is 2.94. The Morgan fingerprint density at radius 1 is 1.56 bits per heavy atom. The molecule has 1 unspecified atom stereocenters. The van der Waals surface area contributed by atoms with Crippen LogP contribution in [0.4, 0.5) is 0 Å². The summed E-state index contributed by atoms with van der Waals surface area (Å²) >= 11 is 0. The second-order valence-corrected chi connectivity index (χ2v) is 5.31. The van der Waals surface area contributed by atoms with Crippen LogP contribution in [0.2, 0.25) is 0 Å². The molecular weight excluding hydrogens is 228 g/mol. The second-order valence-electron chi connectivity index (χ2n) is 5.31. The molecule has 18 heavy (non-hydrogen) atoms. The highest BCUT2D eigenvalue weighted by molar-refractivity contribution is 5.78. The van der Waals surface area contributed by atoms with Gasteiger partial charge in [0.1, 0.15) is 0 Å². The van der Waals surface area contributed by atoms with Crippen LogP contribution in [-0.4, -0.2) is 16.2 Å². The zero-order chi connectivity index (χ0) is 13.7. The van der Waals surface area contributed by atoms with Gasteiger partial charge in [0.2, 0.25) is 0 Å². The van der Waals surface area contributed by atoms with Crippen molar-refractivity contribution in [3.05, 3.63) is 40.5 Å². The van der Waals surface area contributed by atoms with Gasteiger partial charge in [-0.15, -0.1) is 0 Å². The Morgan fingerprint density at radius 3 is 2.67 bits per heavy atom. The number of carbonyl (C=O) groups is 1. The molecule has 0 heterocycles. The van der Waals surface area contributed by atoms with E-state index in [9.17, 15) is 15.0 Å². The number of aliphatic hydroxyl groups excluding tert-OH is 1. The molecular formula is C15H18O3. The van der Waals surface area contributed by atoms with E-state index in [1.807, 2.05) is 19.9 Å². The van der Waals surface area contributed by atoms with E-state index in [4.69, 9.17) is 0 Å². The lowest BCUT2D eigenvalue weighted by molar-refractivity contribution is -0.154. The van der Waals surface area contributed by atoms with E-state index < -0.39 is 17.5 Å². The van der Waals surface area contributed by atoms with Crippen molar-refractivity contribution >= 4 is 12.0 Å². The van der Waals surface area contributed by atoms with Crippen LogP contribution < -0.4 is 0 Å². The minimum atomic E-state index is -1.13. The molecule has 1 aromatic carbocycles. The van der Waals surface area contributed by atoms with Gasteiger partial charge in [0.15, 0.2) is 0 Å². The van der Waals surface area contributed by atoms with Crippen LogP contribution in [-0.2, 0) is 11.2 Å². The molecule has 1 aromatic rings. The Morgan fingerprint density at radius 2 is 2.17 bits per heavy atom. The Balaban J connectivity index is 2.67. The van der Waals surface area contributed by atoms with Gasteiger partial charge in [0.05, 0.1) is 11.5 Å². The largest absolute Gasteiger partial charge is 0.481 e. The van der Waals surface area contributed by atoms with Crippen LogP contribution in [0.1, 0.15) is 40.8 Å². The highest BCUT2D eigenvalue weighted by Gasteiger charge is 2.48.